The normalized spacial score (nSPS) is 14.2. The van der Waals surface area contributed by atoms with Crippen molar-refractivity contribution < 1.29 is 4.79 Å². The van der Waals surface area contributed by atoms with Gasteiger partial charge in [0.1, 0.15) is 0 Å². The van der Waals surface area contributed by atoms with Crippen molar-refractivity contribution in [3.63, 3.8) is 0 Å². The zero-order chi connectivity index (χ0) is 11.2. The van der Waals surface area contributed by atoms with Crippen LogP contribution in [0.25, 0.3) is 0 Å². The van der Waals surface area contributed by atoms with Crippen LogP contribution >= 0.6 is 12.2 Å². The summed E-state index contributed by atoms with van der Waals surface area (Å²) in [4.78, 5) is 11.7. The Bertz CT molecular complexity index is 220. The third kappa shape index (κ3) is 3.91. The van der Waals surface area contributed by atoms with E-state index >= 15 is 0 Å². The number of hydrogen-bond donors (Lipinski definition) is 3. The lowest BCUT2D eigenvalue weighted by Crippen LogP contribution is -2.56. The topological polar surface area (TPSA) is 67.2 Å². The first-order valence-electron chi connectivity index (χ1n) is 4.82. The van der Waals surface area contributed by atoms with E-state index in [1.807, 2.05) is 20.8 Å². The summed E-state index contributed by atoms with van der Waals surface area (Å²) in [5.74, 6) is 0. The van der Waals surface area contributed by atoms with Gasteiger partial charge in [-0.2, -0.15) is 0 Å². The summed E-state index contributed by atoms with van der Waals surface area (Å²) in [6, 6.07) is -0.219. The largest absolute Gasteiger partial charge is 0.391 e. The maximum Gasteiger partial charge on any atom is 0.315 e. The average Bonchev–Trinajstić information content (AvgIpc) is 2.14. The summed E-state index contributed by atoms with van der Waals surface area (Å²) in [5, 5.41) is 5.47. The molecule has 4 N–H and O–H groups in total. The monoisotopic (exact) mass is 217 g/mol. The van der Waals surface area contributed by atoms with Crippen molar-refractivity contribution in [1.29, 1.82) is 0 Å². The van der Waals surface area contributed by atoms with Gasteiger partial charge in [-0.1, -0.05) is 26.1 Å². The fourth-order valence-electron chi connectivity index (χ4n) is 0.858. The Labute approximate surface area is 90.6 Å². The van der Waals surface area contributed by atoms with Crippen molar-refractivity contribution in [1.82, 2.24) is 10.6 Å². The second kappa shape index (κ2) is 5.80. The molecule has 2 amide bonds. The van der Waals surface area contributed by atoms with E-state index in [1.165, 1.54) is 0 Å². The molecule has 14 heavy (non-hydrogen) atoms. The molecule has 0 saturated heterocycles. The van der Waals surface area contributed by atoms with Crippen LogP contribution in [0.4, 0.5) is 4.79 Å². The molecule has 82 valence electrons. The maximum atomic E-state index is 11.3. The third-order valence-corrected chi connectivity index (χ3v) is 2.63. The Morgan fingerprint density at radius 3 is 2.43 bits per heavy atom. The molecule has 0 aliphatic rings. The number of urea groups is 1. The summed E-state index contributed by atoms with van der Waals surface area (Å²) < 4.78 is 0. The Morgan fingerprint density at radius 1 is 1.50 bits per heavy atom. The Kier molecular flexibility index (Phi) is 5.45. The predicted octanol–water partition coefficient (Wildman–Crippen LogP) is 1.15. The molecule has 0 aliphatic carbocycles. The van der Waals surface area contributed by atoms with Gasteiger partial charge < -0.3 is 16.4 Å². The van der Waals surface area contributed by atoms with Crippen LogP contribution in [0, 0.1) is 0 Å². The summed E-state index contributed by atoms with van der Waals surface area (Å²) in [5.41, 5.74) is 4.96. The van der Waals surface area contributed by atoms with E-state index in [4.69, 9.17) is 18.0 Å². The quantitative estimate of drug-likeness (QED) is 0.605. The van der Waals surface area contributed by atoms with Gasteiger partial charge in [0.15, 0.2) is 0 Å². The van der Waals surface area contributed by atoms with Crippen molar-refractivity contribution in [3.05, 3.63) is 0 Å². The van der Waals surface area contributed by atoms with Crippen molar-refractivity contribution in [3.8, 4) is 0 Å². The van der Waals surface area contributed by atoms with Crippen LogP contribution in [0.1, 0.15) is 33.6 Å². The number of carbonyl (C=O) groups excluding carboxylic acids is 1. The van der Waals surface area contributed by atoms with Gasteiger partial charge in [-0.15, -0.1) is 0 Å². The maximum absolute atomic E-state index is 11.3. The van der Waals surface area contributed by atoms with E-state index in [9.17, 15) is 4.79 Å². The minimum absolute atomic E-state index is 0.219. The number of carbonyl (C=O) groups is 1. The molecule has 1 unspecified atom stereocenters. The first kappa shape index (κ1) is 13.2. The lowest BCUT2D eigenvalue weighted by molar-refractivity contribution is 0.234. The molecule has 4 nitrogen and oxygen atoms in total. The zero-order valence-corrected chi connectivity index (χ0v) is 9.83. The van der Waals surface area contributed by atoms with Crippen molar-refractivity contribution in [2.75, 3.05) is 6.54 Å². The number of amides is 2. The van der Waals surface area contributed by atoms with E-state index in [1.54, 1.807) is 0 Å². The highest BCUT2D eigenvalue weighted by atomic mass is 32.1. The number of nitrogens with two attached hydrogens (primary N) is 1. The minimum atomic E-state index is -0.590. The van der Waals surface area contributed by atoms with E-state index in [2.05, 4.69) is 10.6 Å². The zero-order valence-electron chi connectivity index (χ0n) is 9.02. The Morgan fingerprint density at radius 2 is 2.07 bits per heavy atom. The molecule has 0 aromatic carbocycles. The first-order valence-corrected chi connectivity index (χ1v) is 5.23. The fraction of sp³-hybridized carbons (Fsp3) is 0.778. The number of rotatable bonds is 5. The van der Waals surface area contributed by atoms with E-state index in [0.717, 1.165) is 6.42 Å². The van der Waals surface area contributed by atoms with Gasteiger partial charge in [-0.05, 0) is 19.8 Å². The average molecular weight is 217 g/mol. The third-order valence-electron chi connectivity index (χ3n) is 2.18. The van der Waals surface area contributed by atoms with Crippen LogP contribution in [-0.2, 0) is 0 Å². The minimum Gasteiger partial charge on any atom is -0.391 e. The van der Waals surface area contributed by atoms with Crippen molar-refractivity contribution in [2.24, 2.45) is 5.73 Å². The Hall–Kier alpha value is -0.840. The smallest absolute Gasteiger partial charge is 0.315 e. The van der Waals surface area contributed by atoms with Crippen molar-refractivity contribution in [2.45, 2.75) is 39.2 Å². The lowest BCUT2D eigenvalue weighted by Gasteiger charge is -2.28. The standard InChI is InChI=1S/C9H19N3OS/c1-4-6-11-8(13)12-9(3,5-2)7(10)14/h4-6H2,1-3H3,(H2,10,14)(H2,11,12,13). The Balaban J connectivity index is 4.18. The van der Waals surface area contributed by atoms with Gasteiger partial charge in [-0.25, -0.2) is 4.79 Å². The molecule has 1 atom stereocenters. The highest BCUT2D eigenvalue weighted by Gasteiger charge is 2.27. The summed E-state index contributed by atoms with van der Waals surface area (Å²) in [7, 11) is 0. The van der Waals surface area contributed by atoms with E-state index in [0.29, 0.717) is 18.0 Å². The highest BCUT2D eigenvalue weighted by Crippen LogP contribution is 2.08. The van der Waals surface area contributed by atoms with E-state index in [-0.39, 0.29) is 6.03 Å². The molecular formula is C9H19N3OS. The van der Waals surface area contributed by atoms with Crippen LogP contribution in [0.15, 0.2) is 0 Å². The molecular weight excluding hydrogens is 198 g/mol. The second-order valence-electron chi connectivity index (χ2n) is 3.43. The molecule has 0 spiro atoms. The highest BCUT2D eigenvalue weighted by molar-refractivity contribution is 7.80. The summed E-state index contributed by atoms with van der Waals surface area (Å²) in [6.07, 6.45) is 1.59. The number of nitrogens with one attached hydrogen (secondary N) is 2. The van der Waals surface area contributed by atoms with Gasteiger partial charge in [0.05, 0.1) is 10.5 Å². The molecule has 0 aromatic heterocycles. The van der Waals surface area contributed by atoms with Crippen LogP contribution < -0.4 is 16.4 Å². The summed E-state index contributed by atoms with van der Waals surface area (Å²) >= 11 is 4.90. The van der Waals surface area contributed by atoms with Crippen molar-refractivity contribution >= 4 is 23.2 Å². The van der Waals surface area contributed by atoms with E-state index < -0.39 is 5.54 Å². The lowest BCUT2D eigenvalue weighted by atomic mass is 9.99. The molecule has 0 saturated carbocycles. The molecule has 0 fully saturated rings. The van der Waals surface area contributed by atoms with Gasteiger partial charge in [0, 0.05) is 6.54 Å². The number of thiocarbonyl (C=S) groups is 1. The van der Waals surface area contributed by atoms with Gasteiger partial charge in [-0.3, -0.25) is 0 Å². The fourth-order valence-corrected chi connectivity index (χ4v) is 1.05. The van der Waals surface area contributed by atoms with Crippen LogP contribution in [0.5, 0.6) is 0 Å². The van der Waals surface area contributed by atoms with Crippen LogP contribution in [0.3, 0.4) is 0 Å². The van der Waals surface area contributed by atoms with Crippen LogP contribution in [-0.4, -0.2) is 23.1 Å². The molecule has 5 heteroatoms. The molecule has 0 bridgehead atoms. The van der Waals surface area contributed by atoms with Gasteiger partial charge in [0.2, 0.25) is 0 Å². The molecule has 0 heterocycles. The number of hydrogen-bond acceptors (Lipinski definition) is 2. The predicted molar refractivity (Wildman–Crippen MR) is 62.3 cm³/mol. The molecule has 0 aliphatic heterocycles. The SMILES string of the molecule is CCCNC(=O)NC(C)(CC)C(N)=S. The first-order chi connectivity index (χ1) is 6.46. The molecule has 0 rings (SSSR count). The van der Waals surface area contributed by atoms with Crippen LogP contribution in [0.2, 0.25) is 0 Å². The molecule has 0 radical (unpaired) electrons. The second-order valence-corrected chi connectivity index (χ2v) is 3.87. The summed E-state index contributed by atoms with van der Waals surface area (Å²) in [6.45, 7) is 6.40. The van der Waals surface area contributed by atoms with Gasteiger partial charge >= 0.3 is 6.03 Å². The molecule has 0 aromatic rings. The van der Waals surface area contributed by atoms with Gasteiger partial charge in [0.25, 0.3) is 0 Å².